The van der Waals surface area contributed by atoms with Crippen molar-refractivity contribution >= 4 is 5.91 Å². The normalized spacial score (nSPS) is 17.0. The predicted octanol–water partition coefficient (Wildman–Crippen LogP) is 2.98. The number of likely N-dealkylation sites (tertiary alicyclic amines) is 1. The fourth-order valence-electron chi connectivity index (χ4n) is 2.93. The lowest BCUT2D eigenvalue weighted by Crippen LogP contribution is -2.43. The van der Waals surface area contributed by atoms with Crippen molar-refractivity contribution in [1.82, 2.24) is 9.88 Å². The molecule has 1 aliphatic rings. The molecule has 23 heavy (non-hydrogen) atoms. The monoisotopic (exact) mass is 310 g/mol. The lowest BCUT2D eigenvalue weighted by atomic mass is 9.81. The summed E-state index contributed by atoms with van der Waals surface area (Å²) in [5.74, 6) is -0.0252. The molecule has 1 aromatic heterocycles. The van der Waals surface area contributed by atoms with Gasteiger partial charge in [0.2, 0.25) is 0 Å². The SMILES string of the molecule is CC1(CO)CCN(C(=O)c2cc(-c3ccccc3)ccn2)CC1. The summed E-state index contributed by atoms with van der Waals surface area (Å²) in [6.45, 7) is 3.60. The minimum atomic E-state index is -0.0594. The second kappa shape index (κ2) is 6.50. The number of hydrogen-bond acceptors (Lipinski definition) is 3. The topological polar surface area (TPSA) is 53.4 Å². The fraction of sp³-hybridized carbons (Fsp3) is 0.368. The van der Waals surface area contributed by atoms with Gasteiger partial charge in [0.15, 0.2) is 0 Å². The Balaban J connectivity index is 1.76. The molecule has 4 heteroatoms. The molecule has 0 spiro atoms. The number of nitrogens with zero attached hydrogens (tertiary/aromatic N) is 2. The second-order valence-electron chi connectivity index (χ2n) is 6.56. The smallest absolute Gasteiger partial charge is 0.272 e. The summed E-state index contributed by atoms with van der Waals surface area (Å²) in [5.41, 5.74) is 2.51. The molecule has 1 fully saturated rings. The molecule has 0 atom stereocenters. The van der Waals surface area contributed by atoms with Gasteiger partial charge in [0.1, 0.15) is 5.69 Å². The van der Waals surface area contributed by atoms with Crippen LogP contribution in [0.5, 0.6) is 0 Å². The second-order valence-corrected chi connectivity index (χ2v) is 6.56. The van der Waals surface area contributed by atoms with E-state index in [1.54, 1.807) is 6.20 Å². The number of rotatable bonds is 3. The molecule has 1 amide bonds. The van der Waals surface area contributed by atoms with Crippen LogP contribution in [0.25, 0.3) is 11.1 Å². The standard InChI is InChI=1S/C19H22N2O2/c1-19(14-22)8-11-21(12-9-19)18(23)17-13-16(7-10-20-17)15-5-3-2-4-6-15/h2-7,10,13,22H,8-9,11-12,14H2,1H3. The first-order chi connectivity index (χ1) is 11.1. The van der Waals surface area contributed by atoms with E-state index in [0.29, 0.717) is 18.8 Å². The van der Waals surface area contributed by atoms with Crippen molar-refractivity contribution in [2.75, 3.05) is 19.7 Å². The fourth-order valence-corrected chi connectivity index (χ4v) is 2.93. The van der Waals surface area contributed by atoms with Crippen LogP contribution in [0.3, 0.4) is 0 Å². The van der Waals surface area contributed by atoms with Gasteiger partial charge in [-0.05, 0) is 41.5 Å². The predicted molar refractivity (Wildman–Crippen MR) is 90.0 cm³/mol. The summed E-state index contributed by atoms with van der Waals surface area (Å²) in [6, 6.07) is 13.8. The molecular formula is C19H22N2O2. The maximum absolute atomic E-state index is 12.7. The van der Waals surface area contributed by atoms with Crippen LogP contribution in [0, 0.1) is 5.41 Å². The molecule has 2 heterocycles. The Labute approximate surface area is 136 Å². The van der Waals surface area contributed by atoms with E-state index < -0.39 is 0 Å². The van der Waals surface area contributed by atoms with Crippen LogP contribution in [0.4, 0.5) is 0 Å². The molecule has 3 rings (SSSR count). The molecular weight excluding hydrogens is 288 g/mol. The summed E-state index contributed by atoms with van der Waals surface area (Å²) < 4.78 is 0. The van der Waals surface area contributed by atoms with Crippen LogP contribution in [0.15, 0.2) is 48.7 Å². The third-order valence-electron chi connectivity index (χ3n) is 4.73. The van der Waals surface area contributed by atoms with Crippen molar-refractivity contribution < 1.29 is 9.90 Å². The quantitative estimate of drug-likeness (QED) is 0.948. The van der Waals surface area contributed by atoms with Crippen molar-refractivity contribution in [3.8, 4) is 11.1 Å². The van der Waals surface area contributed by atoms with Gasteiger partial charge in [0.05, 0.1) is 0 Å². The Kier molecular flexibility index (Phi) is 4.44. The molecule has 2 aromatic rings. The van der Waals surface area contributed by atoms with E-state index in [1.165, 1.54) is 0 Å². The molecule has 1 N–H and O–H groups in total. The molecule has 0 radical (unpaired) electrons. The summed E-state index contributed by atoms with van der Waals surface area (Å²) in [5, 5.41) is 9.44. The highest BCUT2D eigenvalue weighted by molar-refractivity contribution is 5.93. The average molecular weight is 310 g/mol. The van der Waals surface area contributed by atoms with Crippen LogP contribution in [0.1, 0.15) is 30.3 Å². The Morgan fingerprint density at radius 2 is 1.87 bits per heavy atom. The van der Waals surface area contributed by atoms with E-state index in [1.807, 2.05) is 47.4 Å². The van der Waals surface area contributed by atoms with Crippen molar-refractivity contribution in [2.24, 2.45) is 5.41 Å². The Bertz CT molecular complexity index is 677. The average Bonchev–Trinajstić information content (AvgIpc) is 2.63. The highest BCUT2D eigenvalue weighted by Gasteiger charge is 2.31. The molecule has 0 aliphatic carbocycles. The highest BCUT2D eigenvalue weighted by Crippen LogP contribution is 2.30. The number of benzene rings is 1. The van der Waals surface area contributed by atoms with E-state index in [2.05, 4.69) is 11.9 Å². The van der Waals surface area contributed by atoms with Crippen LogP contribution >= 0.6 is 0 Å². The number of aromatic nitrogens is 1. The summed E-state index contributed by atoms with van der Waals surface area (Å²) in [7, 11) is 0. The van der Waals surface area contributed by atoms with Crippen molar-refractivity contribution in [3.63, 3.8) is 0 Å². The number of aliphatic hydroxyl groups excluding tert-OH is 1. The molecule has 1 aliphatic heterocycles. The largest absolute Gasteiger partial charge is 0.396 e. The Hall–Kier alpha value is -2.20. The summed E-state index contributed by atoms with van der Waals surface area (Å²) in [4.78, 5) is 18.8. The van der Waals surface area contributed by atoms with Gasteiger partial charge in [0, 0.05) is 25.9 Å². The number of carbonyl (C=O) groups excluding carboxylic acids is 1. The van der Waals surface area contributed by atoms with Gasteiger partial charge in [-0.2, -0.15) is 0 Å². The first-order valence-electron chi connectivity index (χ1n) is 8.03. The number of piperidine rings is 1. The minimum Gasteiger partial charge on any atom is -0.396 e. The third-order valence-corrected chi connectivity index (χ3v) is 4.73. The number of hydrogen-bond donors (Lipinski definition) is 1. The zero-order valence-corrected chi connectivity index (χ0v) is 13.4. The van der Waals surface area contributed by atoms with Gasteiger partial charge in [-0.1, -0.05) is 37.3 Å². The zero-order valence-electron chi connectivity index (χ0n) is 13.4. The van der Waals surface area contributed by atoms with E-state index in [0.717, 1.165) is 24.0 Å². The van der Waals surface area contributed by atoms with Gasteiger partial charge >= 0.3 is 0 Å². The van der Waals surface area contributed by atoms with Crippen molar-refractivity contribution in [3.05, 3.63) is 54.4 Å². The van der Waals surface area contributed by atoms with Crippen LogP contribution < -0.4 is 0 Å². The molecule has 4 nitrogen and oxygen atoms in total. The molecule has 1 saturated heterocycles. The van der Waals surface area contributed by atoms with Gasteiger partial charge in [-0.3, -0.25) is 9.78 Å². The zero-order chi connectivity index (χ0) is 16.3. The van der Waals surface area contributed by atoms with Crippen LogP contribution in [0.2, 0.25) is 0 Å². The van der Waals surface area contributed by atoms with Crippen molar-refractivity contribution in [2.45, 2.75) is 19.8 Å². The Morgan fingerprint density at radius 1 is 1.17 bits per heavy atom. The lowest BCUT2D eigenvalue weighted by molar-refractivity contribution is 0.0435. The maximum Gasteiger partial charge on any atom is 0.272 e. The van der Waals surface area contributed by atoms with Crippen LogP contribution in [-0.2, 0) is 0 Å². The lowest BCUT2D eigenvalue weighted by Gasteiger charge is -2.38. The van der Waals surface area contributed by atoms with E-state index >= 15 is 0 Å². The minimum absolute atomic E-state index is 0.0252. The van der Waals surface area contributed by atoms with E-state index in [-0.39, 0.29) is 17.9 Å². The summed E-state index contributed by atoms with van der Waals surface area (Å²) in [6.07, 6.45) is 3.35. The number of aliphatic hydroxyl groups is 1. The van der Waals surface area contributed by atoms with Crippen LogP contribution in [-0.4, -0.2) is 40.6 Å². The van der Waals surface area contributed by atoms with Gasteiger partial charge in [0.25, 0.3) is 5.91 Å². The molecule has 120 valence electrons. The number of pyridine rings is 1. The molecule has 0 unspecified atom stereocenters. The maximum atomic E-state index is 12.7. The summed E-state index contributed by atoms with van der Waals surface area (Å²) >= 11 is 0. The van der Waals surface area contributed by atoms with Crippen molar-refractivity contribution in [1.29, 1.82) is 0 Å². The first-order valence-corrected chi connectivity index (χ1v) is 8.03. The van der Waals surface area contributed by atoms with Gasteiger partial charge in [-0.15, -0.1) is 0 Å². The third kappa shape index (κ3) is 3.42. The molecule has 0 bridgehead atoms. The molecule has 1 aromatic carbocycles. The van der Waals surface area contributed by atoms with Gasteiger partial charge in [-0.25, -0.2) is 0 Å². The Morgan fingerprint density at radius 3 is 2.52 bits per heavy atom. The van der Waals surface area contributed by atoms with E-state index in [4.69, 9.17) is 0 Å². The molecule has 0 saturated carbocycles. The number of amides is 1. The highest BCUT2D eigenvalue weighted by atomic mass is 16.3. The van der Waals surface area contributed by atoms with Gasteiger partial charge < -0.3 is 10.0 Å². The first kappa shape index (κ1) is 15.7. The van der Waals surface area contributed by atoms with E-state index in [9.17, 15) is 9.90 Å². The number of carbonyl (C=O) groups is 1.